The zero-order valence-corrected chi connectivity index (χ0v) is 19.1. The van der Waals surface area contributed by atoms with Gasteiger partial charge in [-0.1, -0.05) is 6.07 Å². The third-order valence-corrected chi connectivity index (χ3v) is 7.54. The number of ether oxygens (including phenoxy) is 2. The van der Waals surface area contributed by atoms with E-state index in [9.17, 15) is 8.42 Å². The van der Waals surface area contributed by atoms with Gasteiger partial charge >= 0.3 is 0 Å². The summed E-state index contributed by atoms with van der Waals surface area (Å²) < 4.78 is 38.8. The number of aromatic nitrogens is 2. The smallest absolute Gasteiger partial charge is 0.246 e. The first kappa shape index (κ1) is 21.8. The van der Waals surface area contributed by atoms with Gasteiger partial charge in [0.1, 0.15) is 16.5 Å². The SMILES string of the molecule is COc1ccc(C)cc1S(=O)(=O)N1CCN(c2nc(C)cc(N3CCOCC3)n2)CC1. The standard InChI is InChI=1S/C21H29N5O4S/c1-16-4-5-18(29-3)19(14-16)31(27,28)26-8-6-25(7-9-26)21-22-17(2)15-20(23-21)24-10-12-30-13-11-24/h4-5,14-15H,6-13H2,1-3H3. The Hall–Kier alpha value is -2.43. The molecule has 0 unspecified atom stereocenters. The topological polar surface area (TPSA) is 88.1 Å². The Morgan fingerprint density at radius 2 is 1.65 bits per heavy atom. The molecule has 0 radical (unpaired) electrons. The molecule has 4 rings (SSSR count). The van der Waals surface area contributed by atoms with Crippen molar-refractivity contribution in [1.29, 1.82) is 0 Å². The molecule has 0 bridgehead atoms. The number of hydrogen-bond donors (Lipinski definition) is 0. The van der Waals surface area contributed by atoms with Gasteiger partial charge in [-0.05, 0) is 31.5 Å². The number of anilines is 2. The lowest BCUT2D eigenvalue weighted by Crippen LogP contribution is -2.49. The number of hydrogen-bond acceptors (Lipinski definition) is 8. The Balaban J connectivity index is 1.50. The van der Waals surface area contributed by atoms with E-state index in [4.69, 9.17) is 14.5 Å². The van der Waals surface area contributed by atoms with Crippen molar-refractivity contribution in [3.8, 4) is 5.75 Å². The predicted octanol–water partition coefficient (Wildman–Crippen LogP) is 1.45. The highest BCUT2D eigenvalue weighted by Crippen LogP contribution is 2.29. The van der Waals surface area contributed by atoms with Gasteiger partial charge in [0.05, 0.1) is 20.3 Å². The molecule has 2 fully saturated rings. The fraction of sp³-hybridized carbons (Fsp3) is 0.524. The summed E-state index contributed by atoms with van der Waals surface area (Å²) in [5, 5.41) is 0. The highest BCUT2D eigenvalue weighted by molar-refractivity contribution is 7.89. The molecule has 2 aliphatic rings. The van der Waals surface area contributed by atoms with Crippen LogP contribution in [0.5, 0.6) is 5.75 Å². The maximum atomic E-state index is 13.3. The van der Waals surface area contributed by atoms with Gasteiger partial charge in [-0.3, -0.25) is 0 Å². The Morgan fingerprint density at radius 3 is 2.32 bits per heavy atom. The molecule has 0 atom stereocenters. The van der Waals surface area contributed by atoms with Crippen molar-refractivity contribution < 1.29 is 17.9 Å². The van der Waals surface area contributed by atoms with E-state index in [0.717, 1.165) is 30.2 Å². The van der Waals surface area contributed by atoms with Gasteiger partial charge in [-0.2, -0.15) is 9.29 Å². The van der Waals surface area contributed by atoms with Crippen LogP contribution in [0, 0.1) is 13.8 Å². The van der Waals surface area contributed by atoms with E-state index in [2.05, 4.69) is 14.8 Å². The molecule has 0 saturated carbocycles. The highest BCUT2D eigenvalue weighted by Gasteiger charge is 2.32. The van der Waals surface area contributed by atoms with Crippen molar-refractivity contribution in [2.24, 2.45) is 0 Å². The first-order valence-electron chi connectivity index (χ1n) is 10.5. The largest absolute Gasteiger partial charge is 0.495 e. The zero-order valence-electron chi connectivity index (χ0n) is 18.2. The summed E-state index contributed by atoms with van der Waals surface area (Å²) in [4.78, 5) is 13.8. The van der Waals surface area contributed by atoms with Crippen LogP contribution in [0.4, 0.5) is 11.8 Å². The first-order chi connectivity index (χ1) is 14.9. The summed E-state index contributed by atoms with van der Waals surface area (Å²) in [7, 11) is -2.16. The number of piperazine rings is 1. The van der Waals surface area contributed by atoms with Crippen molar-refractivity contribution in [3.05, 3.63) is 35.5 Å². The molecular weight excluding hydrogens is 418 g/mol. The van der Waals surface area contributed by atoms with Gasteiger partial charge in [0, 0.05) is 51.0 Å². The van der Waals surface area contributed by atoms with Crippen LogP contribution in [-0.4, -0.2) is 82.3 Å². The van der Waals surface area contributed by atoms with E-state index < -0.39 is 10.0 Å². The third-order valence-electron chi connectivity index (χ3n) is 5.62. The van der Waals surface area contributed by atoms with Gasteiger partial charge in [-0.25, -0.2) is 13.4 Å². The van der Waals surface area contributed by atoms with E-state index in [1.54, 1.807) is 12.1 Å². The van der Waals surface area contributed by atoms with Gasteiger partial charge in [0.2, 0.25) is 16.0 Å². The summed E-state index contributed by atoms with van der Waals surface area (Å²) >= 11 is 0. The average molecular weight is 448 g/mol. The summed E-state index contributed by atoms with van der Waals surface area (Å²) in [5.41, 5.74) is 1.77. The van der Waals surface area contributed by atoms with Crippen molar-refractivity contribution in [2.45, 2.75) is 18.7 Å². The number of morpholine rings is 1. The Morgan fingerprint density at radius 1 is 0.935 bits per heavy atom. The van der Waals surface area contributed by atoms with Crippen LogP contribution in [0.15, 0.2) is 29.2 Å². The lowest BCUT2D eigenvalue weighted by Gasteiger charge is -2.35. The summed E-state index contributed by atoms with van der Waals surface area (Å²) in [6.45, 7) is 8.61. The van der Waals surface area contributed by atoms with Crippen LogP contribution in [-0.2, 0) is 14.8 Å². The second kappa shape index (κ2) is 8.97. The Bertz CT molecular complexity index is 1030. The minimum Gasteiger partial charge on any atom is -0.495 e. The lowest BCUT2D eigenvalue weighted by atomic mass is 10.2. The Kier molecular flexibility index (Phi) is 6.31. The van der Waals surface area contributed by atoms with Crippen LogP contribution in [0.1, 0.15) is 11.3 Å². The maximum Gasteiger partial charge on any atom is 0.246 e. The molecule has 0 aliphatic carbocycles. The molecular formula is C21H29N5O4S. The normalized spacial score (nSPS) is 18.3. The van der Waals surface area contributed by atoms with Gasteiger partial charge in [0.25, 0.3) is 0 Å². The maximum absolute atomic E-state index is 13.3. The number of sulfonamides is 1. The molecule has 9 nitrogen and oxygen atoms in total. The minimum absolute atomic E-state index is 0.213. The quantitative estimate of drug-likeness (QED) is 0.681. The van der Waals surface area contributed by atoms with Crippen LogP contribution in [0.25, 0.3) is 0 Å². The minimum atomic E-state index is -3.65. The number of benzene rings is 1. The van der Waals surface area contributed by atoms with Crippen molar-refractivity contribution >= 4 is 21.8 Å². The predicted molar refractivity (Wildman–Crippen MR) is 119 cm³/mol. The highest BCUT2D eigenvalue weighted by atomic mass is 32.2. The fourth-order valence-electron chi connectivity index (χ4n) is 3.89. The molecule has 10 heteroatoms. The first-order valence-corrected chi connectivity index (χ1v) is 11.9. The zero-order chi connectivity index (χ0) is 22.0. The molecule has 0 amide bonds. The molecule has 3 heterocycles. The van der Waals surface area contributed by atoms with Gasteiger partial charge < -0.3 is 19.3 Å². The van der Waals surface area contributed by atoms with Gasteiger partial charge in [-0.15, -0.1) is 0 Å². The van der Waals surface area contributed by atoms with Crippen LogP contribution in [0.3, 0.4) is 0 Å². The number of nitrogens with zero attached hydrogens (tertiary/aromatic N) is 5. The van der Waals surface area contributed by atoms with E-state index in [1.165, 1.54) is 11.4 Å². The molecule has 0 N–H and O–H groups in total. The average Bonchev–Trinajstić information content (AvgIpc) is 2.79. The number of rotatable bonds is 5. The van der Waals surface area contributed by atoms with Crippen molar-refractivity contribution in [2.75, 3.05) is 69.4 Å². The summed E-state index contributed by atoms with van der Waals surface area (Å²) in [6, 6.07) is 7.20. The van der Waals surface area contributed by atoms with Crippen LogP contribution < -0.4 is 14.5 Å². The molecule has 31 heavy (non-hydrogen) atoms. The lowest BCUT2D eigenvalue weighted by molar-refractivity contribution is 0.122. The Labute approximate surface area is 183 Å². The fourth-order valence-corrected chi connectivity index (χ4v) is 5.55. The molecule has 168 valence electrons. The van der Waals surface area contributed by atoms with Crippen molar-refractivity contribution in [3.63, 3.8) is 0 Å². The second-order valence-electron chi connectivity index (χ2n) is 7.81. The second-order valence-corrected chi connectivity index (χ2v) is 9.72. The number of methoxy groups -OCH3 is 1. The molecule has 1 aromatic carbocycles. The molecule has 1 aromatic heterocycles. The monoisotopic (exact) mass is 447 g/mol. The van der Waals surface area contributed by atoms with E-state index in [0.29, 0.717) is 51.1 Å². The molecule has 2 aliphatic heterocycles. The number of aryl methyl sites for hydroxylation is 2. The van der Waals surface area contributed by atoms with E-state index >= 15 is 0 Å². The summed E-state index contributed by atoms with van der Waals surface area (Å²) in [6.07, 6.45) is 0. The summed E-state index contributed by atoms with van der Waals surface area (Å²) in [5.74, 6) is 1.90. The molecule has 0 spiro atoms. The van der Waals surface area contributed by atoms with Crippen LogP contribution >= 0.6 is 0 Å². The van der Waals surface area contributed by atoms with E-state index in [1.807, 2.05) is 26.0 Å². The van der Waals surface area contributed by atoms with Crippen LogP contribution in [0.2, 0.25) is 0 Å². The third kappa shape index (κ3) is 4.60. The van der Waals surface area contributed by atoms with E-state index in [-0.39, 0.29) is 4.90 Å². The van der Waals surface area contributed by atoms with Gasteiger partial charge in [0.15, 0.2) is 0 Å². The van der Waals surface area contributed by atoms with Crippen molar-refractivity contribution in [1.82, 2.24) is 14.3 Å². The molecule has 2 saturated heterocycles. The molecule has 2 aromatic rings.